The summed E-state index contributed by atoms with van der Waals surface area (Å²) in [5, 5.41) is 0. The average molecular weight is 309 g/mol. The van der Waals surface area contributed by atoms with Gasteiger partial charge in [-0.2, -0.15) is 0 Å². The summed E-state index contributed by atoms with van der Waals surface area (Å²) in [5.41, 5.74) is 4.18. The van der Waals surface area contributed by atoms with E-state index in [9.17, 15) is 0 Å². The first-order valence-corrected chi connectivity index (χ1v) is 9.00. The summed E-state index contributed by atoms with van der Waals surface area (Å²) in [7, 11) is 0. The number of ether oxygens (including phenoxy) is 1. The number of para-hydroxylation sites is 2. The standard InChI is InChI=1S/C19H19NOS/c1-2-14-12-10-11-21-19(12)13-6-5-9-17-18(13)20(14)15-7-3-4-8-16(15)22-17/h3-9,12,14,19H,2,10-11H2,1H3/t12-,14+,19-/m0/s1. The Balaban J connectivity index is 1.79. The highest BCUT2D eigenvalue weighted by Crippen LogP contribution is 2.58. The summed E-state index contributed by atoms with van der Waals surface area (Å²) in [6, 6.07) is 16.1. The molecule has 2 aromatic rings. The molecule has 0 aromatic heterocycles. The van der Waals surface area contributed by atoms with Gasteiger partial charge in [-0.15, -0.1) is 0 Å². The molecule has 3 atom stereocenters. The normalized spacial score (nSPS) is 28.0. The van der Waals surface area contributed by atoms with Crippen molar-refractivity contribution in [1.82, 2.24) is 0 Å². The molecule has 0 bridgehead atoms. The van der Waals surface area contributed by atoms with Gasteiger partial charge >= 0.3 is 0 Å². The van der Waals surface area contributed by atoms with Crippen LogP contribution in [0.5, 0.6) is 0 Å². The highest BCUT2D eigenvalue weighted by molar-refractivity contribution is 7.99. The molecule has 0 saturated carbocycles. The minimum atomic E-state index is 0.294. The highest BCUT2D eigenvalue weighted by atomic mass is 32.2. The molecule has 0 radical (unpaired) electrons. The maximum Gasteiger partial charge on any atom is 0.0894 e. The third-order valence-corrected chi connectivity index (χ3v) is 6.42. The molecular formula is C19H19NOS. The van der Waals surface area contributed by atoms with Crippen molar-refractivity contribution in [2.75, 3.05) is 11.5 Å². The minimum absolute atomic E-state index is 0.294. The van der Waals surface area contributed by atoms with E-state index >= 15 is 0 Å². The zero-order valence-corrected chi connectivity index (χ0v) is 13.5. The largest absolute Gasteiger partial charge is 0.373 e. The Morgan fingerprint density at radius 2 is 2.00 bits per heavy atom. The van der Waals surface area contributed by atoms with Crippen molar-refractivity contribution in [3.05, 3.63) is 48.0 Å². The molecule has 3 aliphatic rings. The van der Waals surface area contributed by atoms with Crippen LogP contribution in [0.25, 0.3) is 0 Å². The average Bonchev–Trinajstić information content (AvgIpc) is 3.04. The molecule has 2 aromatic carbocycles. The van der Waals surface area contributed by atoms with Crippen LogP contribution < -0.4 is 4.90 Å². The molecule has 3 heteroatoms. The number of hydrogen-bond donors (Lipinski definition) is 0. The molecule has 0 aliphatic carbocycles. The predicted molar refractivity (Wildman–Crippen MR) is 90.0 cm³/mol. The van der Waals surface area contributed by atoms with Gasteiger partial charge in [0.05, 0.1) is 17.5 Å². The molecule has 2 nitrogen and oxygen atoms in total. The number of hydrogen-bond acceptors (Lipinski definition) is 3. The van der Waals surface area contributed by atoms with Crippen molar-refractivity contribution in [3.63, 3.8) is 0 Å². The fourth-order valence-electron chi connectivity index (χ4n) is 4.43. The van der Waals surface area contributed by atoms with Gasteiger partial charge in [0.2, 0.25) is 0 Å². The Kier molecular flexibility index (Phi) is 2.83. The van der Waals surface area contributed by atoms with Crippen LogP contribution in [0.1, 0.15) is 31.4 Å². The van der Waals surface area contributed by atoms with Crippen molar-refractivity contribution in [1.29, 1.82) is 0 Å². The smallest absolute Gasteiger partial charge is 0.0894 e. The fraction of sp³-hybridized carbons (Fsp3) is 0.368. The van der Waals surface area contributed by atoms with E-state index in [0.29, 0.717) is 18.1 Å². The molecule has 1 fully saturated rings. The maximum atomic E-state index is 6.14. The molecule has 3 aliphatic heterocycles. The molecule has 0 spiro atoms. The lowest BCUT2D eigenvalue weighted by Crippen LogP contribution is -2.44. The molecule has 3 heterocycles. The van der Waals surface area contributed by atoms with Crippen LogP contribution in [0.2, 0.25) is 0 Å². The van der Waals surface area contributed by atoms with Crippen LogP contribution in [0.3, 0.4) is 0 Å². The van der Waals surface area contributed by atoms with Crippen molar-refractivity contribution in [2.24, 2.45) is 5.92 Å². The van der Waals surface area contributed by atoms with Gasteiger partial charge in [-0.05, 0) is 31.0 Å². The van der Waals surface area contributed by atoms with Gasteiger partial charge < -0.3 is 9.64 Å². The van der Waals surface area contributed by atoms with Crippen LogP contribution in [-0.2, 0) is 4.74 Å². The molecule has 0 N–H and O–H groups in total. The Labute approximate surface area is 135 Å². The summed E-state index contributed by atoms with van der Waals surface area (Å²) in [5.74, 6) is 0.615. The Morgan fingerprint density at radius 1 is 1.14 bits per heavy atom. The zero-order chi connectivity index (χ0) is 14.7. The van der Waals surface area contributed by atoms with E-state index in [1.807, 2.05) is 11.8 Å². The number of rotatable bonds is 1. The number of anilines is 2. The lowest BCUT2D eigenvalue weighted by Gasteiger charge is -2.47. The highest BCUT2D eigenvalue weighted by Gasteiger charge is 2.46. The second kappa shape index (κ2) is 4.77. The lowest BCUT2D eigenvalue weighted by atomic mass is 9.81. The van der Waals surface area contributed by atoms with Gasteiger partial charge in [0.25, 0.3) is 0 Å². The maximum absolute atomic E-state index is 6.14. The van der Waals surface area contributed by atoms with Crippen molar-refractivity contribution in [3.8, 4) is 0 Å². The molecule has 0 unspecified atom stereocenters. The first kappa shape index (κ1) is 13.0. The van der Waals surface area contributed by atoms with Gasteiger partial charge in [-0.3, -0.25) is 0 Å². The lowest BCUT2D eigenvalue weighted by molar-refractivity contribution is 0.0791. The summed E-state index contributed by atoms with van der Waals surface area (Å²) in [6.45, 7) is 3.22. The van der Waals surface area contributed by atoms with Crippen LogP contribution >= 0.6 is 11.8 Å². The minimum Gasteiger partial charge on any atom is -0.373 e. The Hall–Kier alpha value is -1.45. The number of nitrogens with zero attached hydrogens (tertiary/aromatic N) is 1. The topological polar surface area (TPSA) is 12.5 Å². The second-order valence-corrected chi connectivity index (χ2v) is 7.44. The number of benzene rings is 2. The number of fused-ring (bicyclic) bond motifs is 4. The van der Waals surface area contributed by atoms with Crippen molar-refractivity contribution < 1.29 is 4.74 Å². The molecular weight excluding hydrogens is 290 g/mol. The van der Waals surface area contributed by atoms with Crippen LogP contribution in [0, 0.1) is 5.92 Å². The fourth-order valence-corrected chi connectivity index (χ4v) is 5.55. The van der Waals surface area contributed by atoms with E-state index in [2.05, 4.69) is 54.3 Å². The van der Waals surface area contributed by atoms with Gasteiger partial charge in [0.15, 0.2) is 0 Å². The first-order valence-electron chi connectivity index (χ1n) is 8.19. The summed E-state index contributed by atoms with van der Waals surface area (Å²) >= 11 is 1.90. The van der Waals surface area contributed by atoms with Gasteiger partial charge in [-0.1, -0.05) is 43.0 Å². The molecule has 0 amide bonds. The molecule has 1 saturated heterocycles. The molecule has 112 valence electrons. The van der Waals surface area contributed by atoms with E-state index < -0.39 is 0 Å². The third-order valence-electron chi connectivity index (χ3n) is 5.30. The summed E-state index contributed by atoms with van der Waals surface area (Å²) in [4.78, 5) is 5.37. The predicted octanol–water partition coefficient (Wildman–Crippen LogP) is 5.16. The van der Waals surface area contributed by atoms with E-state index in [4.69, 9.17) is 4.74 Å². The second-order valence-electron chi connectivity index (χ2n) is 6.35. The quantitative estimate of drug-likeness (QED) is 0.722. The van der Waals surface area contributed by atoms with Crippen LogP contribution in [0.15, 0.2) is 52.3 Å². The monoisotopic (exact) mass is 309 g/mol. The van der Waals surface area contributed by atoms with Gasteiger partial charge in [-0.25, -0.2) is 0 Å². The van der Waals surface area contributed by atoms with Crippen molar-refractivity contribution >= 4 is 23.1 Å². The van der Waals surface area contributed by atoms with Crippen LogP contribution in [-0.4, -0.2) is 12.6 Å². The van der Waals surface area contributed by atoms with E-state index in [1.165, 1.54) is 33.2 Å². The Bertz CT molecular complexity index is 744. The van der Waals surface area contributed by atoms with E-state index in [-0.39, 0.29) is 0 Å². The summed E-state index contributed by atoms with van der Waals surface area (Å²) in [6.07, 6.45) is 2.64. The zero-order valence-electron chi connectivity index (χ0n) is 12.7. The van der Waals surface area contributed by atoms with Crippen molar-refractivity contribution in [2.45, 2.75) is 41.7 Å². The van der Waals surface area contributed by atoms with E-state index in [1.54, 1.807) is 0 Å². The first-order chi connectivity index (χ1) is 10.9. The van der Waals surface area contributed by atoms with E-state index in [0.717, 1.165) is 13.0 Å². The molecule has 5 rings (SSSR count). The van der Waals surface area contributed by atoms with Gasteiger partial charge in [0.1, 0.15) is 0 Å². The SMILES string of the molecule is CC[C@@H]1[C@@H]2CCO[C@@H]2c2cccc3c2N1c1ccccc1S3. The molecule has 22 heavy (non-hydrogen) atoms. The summed E-state index contributed by atoms with van der Waals surface area (Å²) < 4.78 is 6.14. The Morgan fingerprint density at radius 3 is 2.91 bits per heavy atom. The third kappa shape index (κ3) is 1.61. The van der Waals surface area contributed by atoms with Crippen LogP contribution in [0.4, 0.5) is 11.4 Å². The van der Waals surface area contributed by atoms with Gasteiger partial charge in [0, 0.05) is 33.9 Å².